The molecular formula is C10H6BrCl2N3O2. The number of ether oxygens (including phenoxy) is 2. The normalized spacial score (nSPS) is 10.2. The molecule has 0 aliphatic rings. The van der Waals surface area contributed by atoms with Crippen molar-refractivity contribution >= 4 is 39.1 Å². The van der Waals surface area contributed by atoms with Gasteiger partial charge in [0.25, 0.3) is 0 Å². The molecule has 0 atom stereocenters. The van der Waals surface area contributed by atoms with Crippen molar-refractivity contribution in [1.82, 2.24) is 15.0 Å². The third-order valence-electron chi connectivity index (χ3n) is 1.84. The molecule has 0 fully saturated rings. The number of nitrogens with zero attached hydrogens (tertiary/aromatic N) is 3. The first-order valence-corrected chi connectivity index (χ1v) is 6.22. The SMILES string of the molecule is COc1nc(Cl)nc(Oc2ccc(Br)cc2Cl)n1. The van der Waals surface area contributed by atoms with Crippen molar-refractivity contribution in [3.8, 4) is 17.8 Å². The Morgan fingerprint density at radius 2 is 1.83 bits per heavy atom. The standard InChI is InChI=1S/C10H6BrCl2N3O2/c1-17-9-14-8(13)15-10(16-9)18-7-3-2-5(11)4-6(7)12/h2-4H,1H3. The molecule has 2 rings (SSSR count). The monoisotopic (exact) mass is 349 g/mol. The van der Waals surface area contributed by atoms with Gasteiger partial charge in [0.15, 0.2) is 0 Å². The first-order chi connectivity index (χ1) is 8.58. The van der Waals surface area contributed by atoms with Crippen LogP contribution in [0, 0.1) is 0 Å². The highest BCUT2D eigenvalue weighted by Gasteiger charge is 2.09. The van der Waals surface area contributed by atoms with Gasteiger partial charge in [-0.1, -0.05) is 27.5 Å². The number of halogens is 3. The lowest BCUT2D eigenvalue weighted by Gasteiger charge is -2.06. The van der Waals surface area contributed by atoms with Crippen LogP contribution in [0.3, 0.4) is 0 Å². The third-order valence-corrected chi connectivity index (χ3v) is 2.80. The predicted octanol–water partition coefficient (Wildman–Crippen LogP) is 3.74. The zero-order chi connectivity index (χ0) is 13.1. The molecule has 0 saturated carbocycles. The molecule has 1 aromatic carbocycles. The van der Waals surface area contributed by atoms with Gasteiger partial charge in [-0.25, -0.2) is 0 Å². The number of rotatable bonds is 3. The number of aromatic nitrogens is 3. The minimum absolute atomic E-state index is 0.0103. The van der Waals surface area contributed by atoms with Crippen molar-refractivity contribution in [2.24, 2.45) is 0 Å². The molecule has 5 nitrogen and oxygen atoms in total. The van der Waals surface area contributed by atoms with Crippen LogP contribution in [0.15, 0.2) is 22.7 Å². The van der Waals surface area contributed by atoms with Gasteiger partial charge in [-0.2, -0.15) is 9.97 Å². The van der Waals surface area contributed by atoms with Crippen LogP contribution >= 0.6 is 39.1 Å². The average molecular weight is 351 g/mol. The number of benzene rings is 1. The first-order valence-electron chi connectivity index (χ1n) is 4.67. The van der Waals surface area contributed by atoms with Gasteiger partial charge < -0.3 is 9.47 Å². The molecule has 0 N–H and O–H groups in total. The maximum absolute atomic E-state index is 6.00. The molecule has 0 radical (unpaired) electrons. The summed E-state index contributed by atoms with van der Waals surface area (Å²) in [6.07, 6.45) is 0. The van der Waals surface area contributed by atoms with Crippen LogP contribution in [0.25, 0.3) is 0 Å². The van der Waals surface area contributed by atoms with Crippen molar-refractivity contribution in [2.45, 2.75) is 0 Å². The fourth-order valence-electron chi connectivity index (χ4n) is 1.11. The van der Waals surface area contributed by atoms with E-state index in [0.717, 1.165) is 4.47 Å². The largest absolute Gasteiger partial charge is 0.467 e. The zero-order valence-electron chi connectivity index (χ0n) is 9.02. The van der Waals surface area contributed by atoms with Gasteiger partial charge >= 0.3 is 12.0 Å². The van der Waals surface area contributed by atoms with E-state index in [0.29, 0.717) is 10.8 Å². The van der Waals surface area contributed by atoms with Crippen molar-refractivity contribution < 1.29 is 9.47 Å². The summed E-state index contributed by atoms with van der Waals surface area (Å²) in [7, 11) is 1.42. The fourth-order valence-corrected chi connectivity index (χ4v) is 1.96. The van der Waals surface area contributed by atoms with Crippen LogP contribution in [0.4, 0.5) is 0 Å². The molecular weight excluding hydrogens is 345 g/mol. The number of hydrogen-bond donors (Lipinski definition) is 0. The van der Waals surface area contributed by atoms with Gasteiger partial charge in [0.1, 0.15) is 5.75 Å². The molecule has 1 heterocycles. The molecule has 0 spiro atoms. The summed E-state index contributed by atoms with van der Waals surface area (Å²) >= 11 is 15.0. The molecule has 0 amide bonds. The third kappa shape index (κ3) is 3.22. The predicted molar refractivity (Wildman–Crippen MR) is 70.6 cm³/mol. The van der Waals surface area contributed by atoms with Crippen molar-refractivity contribution in [3.63, 3.8) is 0 Å². The molecule has 18 heavy (non-hydrogen) atoms. The molecule has 0 aliphatic carbocycles. The maximum atomic E-state index is 6.00. The van der Waals surface area contributed by atoms with Crippen molar-refractivity contribution in [2.75, 3.05) is 7.11 Å². The van der Waals surface area contributed by atoms with E-state index in [1.54, 1.807) is 18.2 Å². The highest BCUT2D eigenvalue weighted by atomic mass is 79.9. The lowest BCUT2D eigenvalue weighted by molar-refractivity contribution is 0.359. The average Bonchev–Trinajstić information content (AvgIpc) is 2.32. The Morgan fingerprint density at radius 3 is 2.50 bits per heavy atom. The highest BCUT2D eigenvalue weighted by molar-refractivity contribution is 9.10. The Bertz CT molecular complexity index is 583. The van der Waals surface area contributed by atoms with Crippen LogP contribution in [0.5, 0.6) is 17.8 Å². The quantitative estimate of drug-likeness (QED) is 0.843. The van der Waals surface area contributed by atoms with E-state index < -0.39 is 0 Å². The Balaban J connectivity index is 2.30. The second-order valence-electron chi connectivity index (χ2n) is 3.05. The van der Waals surface area contributed by atoms with Crippen LogP contribution in [0.2, 0.25) is 10.3 Å². The van der Waals surface area contributed by atoms with E-state index in [1.165, 1.54) is 7.11 Å². The molecule has 94 valence electrons. The van der Waals surface area contributed by atoms with E-state index in [4.69, 9.17) is 32.7 Å². The summed E-state index contributed by atoms with van der Waals surface area (Å²) in [6.45, 7) is 0. The number of hydrogen-bond acceptors (Lipinski definition) is 5. The van der Waals surface area contributed by atoms with E-state index in [2.05, 4.69) is 30.9 Å². The second kappa shape index (κ2) is 5.69. The summed E-state index contributed by atoms with van der Waals surface area (Å²) in [5, 5.41) is 0.393. The van der Waals surface area contributed by atoms with Crippen LogP contribution in [-0.4, -0.2) is 22.1 Å². The molecule has 2 aromatic rings. The smallest absolute Gasteiger partial charge is 0.329 e. The molecule has 1 aromatic heterocycles. The van der Waals surface area contributed by atoms with Crippen LogP contribution < -0.4 is 9.47 Å². The van der Waals surface area contributed by atoms with E-state index in [1.807, 2.05) is 0 Å². The molecule has 8 heteroatoms. The molecule has 0 saturated heterocycles. The molecule has 0 bridgehead atoms. The Hall–Kier alpha value is -1.11. The van der Waals surface area contributed by atoms with Crippen molar-refractivity contribution in [3.05, 3.63) is 33.0 Å². The summed E-state index contributed by atoms with van der Waals surface area (Å²) < 4.78 is 11.1. The zero-order valence-corrected chi connectivity index (χ0v) is 12.1. The summed E-state index contributed by atoms with van der Waals surface area (Å²) in [6, 6.07) is 5.23. The molecule has 0 unspecified atom stereocenters. The Labute approximate surface area is 121 Å². The Morgan fingerprint density at radius 1 is 1.11 bits per heavy atom. The van der Waals surface area contributed by atoms with E-state index in [-0.39, 0.29) is 17.3 Å². The van der Waals surface area contributed by atoms with E-state index in [9.17, 15) is 0 Å². The van der Waals surface area contributed by atoms with Crippen LogP contribution in [-0.2, 0) is 0 Å². The van der Waals surface area contributed by atoms with Gasteiger partial charge in [0, 0.05) is 4.47 Å². The van der Waals surface area contributed by atoms with E-state index >= 15 is 0 Å². The molecule has 0 aliphatic heterocycles. The van der Waals surface area contributed by atoms with Gasteiger partial charge in [0.2, 0.25) is 5.28 Å². The van der Waals surface area contributed by atoms with Gasteiger partial charge in [0.05, 0.1) is 12.1 Å². The summed E-state index contributed by atoms with van der Waals surface area (Å²) in [4.78, 5) is 11.4. The topological polar surface area (TPSA) is 57.1 Å². The summed E-state index contributed by atoms with van der Waals surface area (Å²) in [5.74, 6) is 0.407. The van der Waals surface area contributed by atoms with Gasteiger partial charge in [-0.3, -0.25) is 0 Å². The minimum atomic E-state index is -0.0231. The lowest BCUT2D eigenvalue weighted by Crippen LogP contribution is -1.98. The number of methoxy groups -OCH3 is 1. The van der Waals surface area contributed by atoms with Gasteiger partial charge in [-0.05, 0) is 29.8 Å². The minimum Gasteiger partial charge on any atom is -0.467 e. The van der Waals surface area contributed by atoms with Crippen molar-refractivity contribution in [1.29, 1.82) is 0 Å². The Kier molecular flexibility index (Phi) is 4.21. The van der Waals surface area contributed by atoms with Gasteiger partial charge in [-0.15, -0.1) is 4.98 Å². The first kappa shape index (κ1) is 13.3. The van der Waals surface area contributed by atoms with Crippen LogP contribution in [0.1, 0.15) is 0 Å². The highest BCUT2D eigenvalue weighted by Crippen LogP contribution is 2.30. The summed E-state index contributed by atoms with van der Waals surface area (Å²) in [5.41, 5.74) is 0. The fraction of sp³-hybridized carbons (Fsp3) is 0.100. The lowest BCUT2D eigenvalue weighted by atomic mass is 10.3. The maximum Gasteiger partial charge on any atom is 0.329 e. The second-order valence-corrected chi connectivity index (χ2v) is 4.71.